The predicted molar refractivity (Wildman–Crippen MR) is 127 cm³/mol. The fourth-order valence-corrected chi connectivity index (χ4v) is 4.25. The van der Waals surface area contributed by atoms with Gasteiger partial charge < -0.3 is 14.5 Å². The van der Waals surface area contributed by atoms with E-state index < -0.39 is 0 Å². The molecule has 2 aromatic carbocycles. The van der Waals surface area contributed by atoms with Gasteiger partial charge in [0.1, 0.15) is 17.4 Å². The van der Waals surface area contributed by atoms with Crippen LogP contribution < -0.4 is 9.64 Å². The third-order valence-corrected chi connectivity index (χ3v) is 5.97. The van der Waals surface area contributed by atoms with Gasteiger partial charge >= 0.3 is 0 Å². The molecule has 6 nitrogen and oxygen atoms in total. The van der Waals surface area contributed by atoms with Crippen molar-refractivity contribution in [3.8, 4) is 5.75 Å². The highest BCUT2D eigenvalue weighted by Crippen LogP contribution is 2.26. The van der Waals surface area contributed by atoms with Crippen LogP contribution >= 0.6 is 0 Å². The average molecular weight is 431 g/mol. The van der Waals surface area contributed by atoms with E-state index in [2.05, 4.69) is 48.0 Å². The number of piperazine rings is 1. The first-order valence-corrected chi connectivity index (χ1v) is 11.0. The molecule has 2 heterocycles. The van der Waals surface area contributed by atoms with Gasteiger partial charge in [-0.2, -0.15) is 0 Å². The summed E-state index contributed by atoms with van der Waals surface area (Å²) in [6.07, 6.45) is 0.800. The Kier molecular flexibility index (Phi) is 6.40. The van der Waals surface area contributed by atoms with Crippen LogP contribution in [-0.2, 0) is 6.42 Å². The Morgan fingerprint density at radius 3 is 2.34 bits per heavy atom. The highest BCUT2D eigenvalue weighted by molar-refractivity contribution is 5.94. The largest absolute Gasteiger partial charge is 0.497 e. The first kappa shape index (κ1) is 21.8. The lowest BCUT2D eigenvalue weighted by atomic mass is 10.0. The van der Waals surface area contributed by atoms with Crippen LogP contribution in [-0.4, -0.2) is 54.1 Å². The summed E-state index contributed by atoms with van der Waals surface area (Å²) in [7, 11) is 1.62. The fourth-order valence-electron chi connectivity index (χ4n) is 4.25. The Bertz CT molecular complexity index is 1100. The van der Waals surface area contributed by atoms with Crippen LogP contribution in [0.15, 0.2) is 48.5 Å². The lowest BCUT2D eigenvalue weighted by Gasteiger charge is -2.36. The molecule has 1 aliphatic heterocycles. The molecule has 0 bridgehead atoms. The van der Waals surface area contributed by atoms with Crippen molar-refractivity contribution in [1.29, 1.82) is 0 Å². The molecule has 0 radical (unpaired) electrons. The van der Waals surface area contributed by atoms with E-state index in [0.717, 1.165) is 48.2 Å². The molecular weight excluding hydrogens is 400 g/mol. The van der Waals surface area contributed by atoms with E-state index in [4.69, 9.17) is 9.72 Å². The molecule has 3 aromatic rings. The number of carbonyl (C=O) groups excluding carboxylic acids is 1. The van der Waals surface area contributed by atoms with E-state index in [1.807, 2.05) is 36.1 Å². The van der Waals surface area contributed by atoms with Crippen LogP contribution in [0.2, 0.25) is 0 Å². The minimum Gasteiger partial charge on any atom is -0.497 e. The quantitative estimate of drug-likeness (QED) is 0.613. The minimum atomic E-state index is 0.0577. The maximum atomic E-state index is 12.9. The lowest BCUT2D eigenvalue weighted by molar-refractivity contribution is 0.0746. The first-order chi connectivity index (χ1) is 15.4. The number of nitrogens with zero attached hydrogens (tertiary/aromatic N) is 4. The number of ether oxygens (including phenoxy) is 1. The Morgan fingerprint density at radius 2 is 1.69 bits per heavy atom. The molecule has 4 rings (SSSR count). The summed E-state index contributed by atoms with van der Waals surface area (Å²) in [5.74, 6) is 2.58. The summed E-state index contributed by atoms with van der Waals surface area (Å²) < 4.78 is 5.19. The number of hydrogen-bond donors (Lipinski definition) is 0. The van der Waals surface area contributed by atoms with Gasteiger partial charge in [0.2, 0.25) is 0 Å². The van der Waals surface area contributed by atoms with Gasteiger partial charge in [0.05, 0.1) is 7.11 Å². The number of aromatic nitrogens is 2. The molecular formula is C26H30N4O2. The monoisotopic (exact) mass is 430 g/mol. The van der Waals surface area contributed by atoms with Crippen molar-refractivity contribution in [3.05, 3.63) is 82.3 Å². The Balaban J connectivity index is 1.50. The molecule has 0 spiro atoms. The second kappa shape index (κ2) is 9.39. The van der Waals surface area contributed by atoms with Crippen LogP contribution in [0.1, 0.15) is 38.6 Å². The van der Waals surface area contributed by atoms with Crippen molar-refractivity contribution >= 4 is 11.7 Å². The molecule has 0 saturated carbocycles. The van der Waals surface area contributed by atoms with Crippen molar-refractivity contribution in [2.75, 3.05) is 38.2 Å². The average Bonchev–Trinajstić information content (AvgIpc) is 2.80. The normalized spacial score (nSPS) is 13.9. The predicted octanol–water partition coefficient (Wildman–Crippen LogP) is 3.96. The number of carbonyl (C=O) groups is 1. The van der Waals surface area contributed by atoms with Crippen molar-refractivity contribution in [3.63, 3.8) is 0 Å². The van der Waals surface area contributed by atoms with E-state index in [9.17, 15) is 4.79 Å². The van der Waals surface area contributed by atoms with Gasteiger partial charge in [-0.3, -0.25) is 4.79 Å². The zero-order chi connectivity index (χ0) is 22.7. The number of amides is 1. The molecule has 1 aromatic heterocycles. The smallest absolute Gasteiger partial charge is 0.253 e. The molecule has 0 unspecified atom stereocenters. The summed E-state index contributed by atoms with van der Waals surface area (Å²) in [5.41, 5.74) is 5.38. The van der Waals surface area contributed by atoms with Crippen molar-refractivity contribution in [2.24, 2.45) is 0 Å². The number of anilines is 1. The van der Waals surface area contributed by atoms with Crippen LogP contribution in [0.4, 0.5) is 5.82 Å². The molecule has 1 fully saturated rings. The molecule has 166 valence electrons. The zero-order valence-electron chi connectivity index (χ0n) is 19.3. The number of methoxy groups -OCH3 is 1. The Labute approximate surface area is 189 Å². The maximum Gasteiger partial charge on any atom is 0.253 e. The number of benzene rings is 2. The van der Waals surface area contributed by atoms with E-state index in [0.29, 0.717) is 18.7 Å². The van der Waals surface area contributed by atoms with Gasteiger partial charge in [-0.25, -0.2) is 9.97 Å². The molecule has 0 atom stereocenters. The highest BCUT2D eigenvalue weighted by Gasteiger charge is 2.25. The van der Waals surface area contributed by atoms with Crippen molar-refractivity contribution in [2.45, 2.75) is 27.2 Å². The molecule has 32 heavy (non-hydrogen) atoms. The molecule has 0 aliphatic carbocycles. The summed E-state index contributed by atoms with van der Waals surface area (Å²) in [4.78, 5) is 26.6. The zero-order valence-corrected chi connectivity index (χ0v) is 19.3. The van der Waals surface area contributed by atoms with Gasteiger partial charge in [-0.15, -0.1) is 0 Å². The summed E-state index contributed by atoms with van der Waals surface area (Å²) in [6, 6.07) is 15.9. The maximum absolute atomic E-state index is 12.9. The summed E-state index contributed by atoms with van der Waals surface area (Å²) >= 11 is 0. The number of hydrogen-bond acceptors (Lipinski definition) is 5. The van der Waals surface area contributed by atoms with Crippen LogP contribution in [0, 0.1) is 20.8 Å². The Hall–Kier alpha value is -3.41. The topological polar surface area (TPSA) is 58.6 Å². The van der Waals surface area contributed by atoms with Gasteiger partial charge in [-0.05, 0) is 50.6 Å². The standard InChI is InChI=1S/C26H30N4O2/c1-18-6-5-7-21(16-18)17-24-19(2)27-20(3)28-25(24)29-12-14-30(15-13-29)26(31)22-8-10-23(32-4)11-9-22/h5-11,16H,12-15,17H2,1-4H3. The van der Waals surface area contributed by atoms with Crippen LogP contribution in [0.3, 0.4) is 0 Å². The second-order valence-electron chi connectivity index (χ2n) is 8.33. The van der Waals surface area contributed by atoms with Crippen LogP contribution in [0.25, 0.3) is 0 Å². The van der Waals surface area contributed by atoms with E-state index >= 15 is 0 Å². The molecule has 1 saturated heterocycles. The lowest BCUT2D eigenvalue weighted by Crippen LogP contribution is -2.49. The van der Waals surface area contributed by atoms with Gasteiger partial charge in [0.25, 0.3) is 5.91 Å². The van der Waals surface area contributed by atoms with E-state index in [-0.39, 0.29) is 5.91 Å². The third kappa shape index (κ3) is 4.74. The van der Waals surface area contributed by atoms with Crippen molar-refractivity contribution in [1.82, 2.24) is 14.9 Å². The number of rotatable bonds is 5. The SMILES string of the molecule is COc1ccc(C(=O)N2CCN(c3nc(C)nc(C)c3Cc3cccc(C)c3)CC2)cc1. The first-order valence-electron chi connectivity index (χ1n) is 11.0. The molecule has 6 heteroatoms. The van der Waals surface area contributed by atoms with Crippen molar-refractivity contribution < 1.29 is 9.53 Å². The molecule has 0 N–H and O–H groups in total. The molecule has 1 amide bonds. The second-order valence-corrected chi connectivity index (χ2v) is 8.33. The van der Waals surface area contributed by atoms with Gasteiger partial charge in [0, 0.05) is 49.4 Å². The number of aryl methyl sites for hydroxylation is 3. The third-order valence-electron chi connectivity index (χ3n) is 5.97. The fraction of sp³-hybridized carbons (Fsp3) is 0.346. The minimum absolute atomic E-state index is 0.0577. The molecule has 1 aliphatic rings. The van der Waals surface area contributed by atoms with E-state index in [1.165, 1.54) is 11.1 Å². The van der Waals surface area contributed by atoms with Gasteiger partial charge in [-0.1, -0.05) is 29.8 Å². The van der Waals surface area contributed by atoms with Gasteiger partial charge in [0.15, 0.2) is 0 Å². The highest BCUT2D eigenvalue weighted by atomic mass is 16.5. The summed E-state index contributed by atoms with van der Waals surface area (Å²) in [5, 5.41) is 0. The van der Waals surface area contributed by atoms with Crippen LogP contribution in [0.5, 0.6) is 5.75 Å². The summed E-state index contributed by atoms with van der Waals surface area (Å²) in [6.45, 7) is 8.94. The Morgan fingerprint density at radius 1 is 0.969 bits per heavy atom. The van der Waals surface area contributed by atoms with E-state index in [1.54, 1.807) is 7.11 Å².